The van der Waals surface area contributed by atoms with Crippen LogP contribution in [0.2, 0.25) is 0 Å². The summed E-state index contributed by atoms with van der Waals surface area (Å²) in [5.74, 6) is -0.842. The number of phosphoric ester groups is 1. The fourth-order valence-electron chi connectivity index (χ4n) is 5.51. The Morgan fingerprint density at radius 3 is 1.46 bits per heavy atom. The number of esters is 2. The fourth-order valence-corrected chi connectivity index (χ4v) is 6.27. The van der Waals surface area contributed by atoms with Gasteiger partial charge in [0.1, 0.15) is 6.61 Å². The minimum atomic E-state index is -4.37. The predicted octanol–water partition coefficient (Wildman–Crippen LogP) is 11.2. The Labute approximate surface area is 306 Å². The lowest BCUT2D eigenvalue weighted by atomic mass is 10.1. The first-order valence-electron chi connectivity index (χ1n) is 20.3. The molecule has 0 aromatic heterocycles. The van der Waals surface area contributed by atoms with E-state index in [1.54, 1.807) is 0 Å². The van der Waals surface area contributed by atoms with E-state index in [1.807, 2.05) is 0 Å². The summed E-state index contributed by atoms with van der Waals surface area (Å²) >= 11 is 0. The van der Waals surface area contributed by atoms with Crippen molar-refractivity contribution in [3.8, 4) is 0 Å². The van der Waals surface area contributed by atoms with Crippen LogP contribution in [-0.2, 0) is 32.7 Å². The minimum Gasteiger partial charge on any atom is -0.462 e. The Balaban J connectivity index is 4.18. The number of allylic oxidation sites excluding steroid dienone is 4. The van der Waals surface area contributed by atoms with Crippen LogP contribution in [0.5, 0.6) is 0 Å². The number of hydrogen-bond acceptors (Lipinski definition) is 8. The van der Waals surface area contributed by atoms with Gasteiger partial charge in [0, 0.05) is 19.4 Å². The van der Waals surface area contributed by atoms with E-state index >= 15 is 0 Å². The first-order chi connectivity index (χ1) is 24.3. The SMILES string of the molecule is CCCCC/C=C\CCCCCCCC(=O)OCC(COP(=O)(O)OCCN)OC(=O)CCCCCCCCC/C=C\CCCCCCCC. The molecular formula is C40H76NO8P. The van der Waals surface area contributed by atoms with Gasteiger partial charge in [-0.1, -0.05) is 134 Å². The Morgan fingerprint density at radius 1 is 0.580 bits per heavy atom. The molecule has 294 valence electrons. The Bertz CT molecular complexity index is 881. The summed E-state index contributed by atoms with van der Waals surface area (Å²) in [6, 6.07) is 0. The number of nitrogens with two attached hydrogens (primary N) is 1. The van der Waals surface area contributed by atoms with Gasteiger partial charge >= 0.3 is 19.8 Å². The first kappa shape index (κ1) is 48.5. The van der Waals surface area contributed by atoms with Crippen LogP contribution >= 0.6 is 7.82 Å². The average Bonchev–Trinajstić information content (AvgIpc) is 3.10. The van der Waals surface area contributed by atoms with Crippen LogP contribution in [0.4, 0.5) is 0 Å². The Kier molecular flexibility index (Phi) is 36.1. The molecule has 0 amide bonds. The van der Waals surface area contributed by atoms with Gasteiger partial charge in [-0.05, 0) is 64.2 Å². The maximum absolute atomic E-state index is 12.5. The van der Waals surface area contributed by atoms with Gasteiger partial charge < -0.3 is 20.1 Å². The van der Waals surface area contributed by atoms with E-state index in [0.717, 1.165) is 64.2 Å². The maximum Gasteiger partial charge on any atom is 0.472 e. The molecule has 0 aliphatic rings. The van der Waals surface area contributed by atoms with Gasteiger partial charge in [-0.2, -0.15) is 0 Å². The van der Waals surface area contributed by atoms with E-state index in [1.165, 1.54) is 89.9 Å². The van der Waals surface area contributed by atoms with Crippen molar-refractivity contribution in [2.24, 2.45) is 5.73 Å². The smallest absolute Gasteiger partial charge is 0.462 e. The zero-order chi connectivity index (χ0) is 36.8. The van der Waals surface area contributed by atoms with E-state index in [-0.39, 0.29) is 32.6 Å². The molecule has 0 aromatic rings. The van der Waals surface area contributed by atoms with Gasteiger partial charge in [0.05, 0.1) is 13.2 Å². The van der Waals surface area contributed by atoms with Crippen molar-refractivity contribution in [3.63, 3.8) is 0 Å². The number of carbonyl (C=O) groups excluding carboxylic acids is 2. The molecule has 3 N–H and O–H groups in total. The van der Waals surface area contributed by atoms with Crippen molar-refractivity contribution in [1.29, 1.82) is 0 Å². The highest BCUT2D eigenvalue weighted by molar-refractivity contribution is 7.47. The average molecular weight is 730 g/mol. The lowest BCUT2D eigenvalue weighted by Gasteiger charge is -2.19. The highest BCUT2D eigenvalue weighted by atomic mass is 31.2. The number of unbranched alkanes of at least 4 members (excludes halogenated alkanes) is 21. The highest BCUT2D eigenvalue weighted by Gasteiger charge is 2.26. The van der Waals surface area contributed by atoms with Crippen molar-refractivity contribution in [1.82, 2.24) is 0 Å². The lowest BCUT2D eigenvalue weighted by molar-refractivity contribution is -0.161. The van der Waals surface area contributed by atoms with Gasteiger partial charge in [-0.25, -0.2) is 4.57 Å². The molecule has 0 aliphatic carbocycles. The molecule has 0 saturated heterocycles. The van der Waals surface area contributed by atoms with Gasteiger partial charge in [0.15, 0.2) is 6.10 Å². The molecule has 0 bridgehead atoms. The van der Waals surface area contributed by atoms with E-state index in [0.29, 0.717) is 6.42 Å². The molecule has 0 rings (SSSR count). The first-order valence-corrected chi connectivity index (χ1v) is 21.8. The third-order valence-corrected chi connectivity index (χ3v) is 9.54. The second kappa shape index (κ2) is 37.3. The molecule has 50 heavy (non-hydrogen) atoms. The van der Waals surface area contributed by atoms with Crippen LogP contribution in [-0.4, -0.2) is 49.3 Å². The van der Waals surface area contributed by atoms with Crippen LogP contribution in [0.25, 0.3) is 0 Å². The predicted molar refractivity (Wildman–Crippen MR) is 206 cm³/mol. The minimum absolute atomic E-state index is 0.0524. The van der Waals surface area contributed by atoms with Crippen LogP contribution < -0.4 is 5.73 Å². The van der Waals surface area contributed by atoms with Crippen molar-refractivity contribution >= 4 is 19.8 Å². The van der Waals surface area contributed by atoms with Crippen molar-refractivity contribution < 1.29 is 37.6 Å². The zero-order valence-electron chi connectivity index (χ0n) is 32.1. The summed E-state index contributed by atoms with van der Waals surface area (Å²) in [6.07, 6.45) is 37.7. The molecule has 0 aliphatic heterocycles. The third-order valence-electron chi connectivity index (χ3n) is 8.56. The van der Waals surface area contributed by atoms with Crippen LogP contribution in [0.1, 0.15) is 187 Å². The largest absolute Gasteiger partial charge is 0.472 e. The molecule has 0 saturated carbocycles. The van der Waals surface area contributed by atoms with E-state index in [9.17, 15) is 19.0 Å². The monoisotopic (exact) mass is 730 g/mol. The van der Waals surface area contributed by atoms with E-state index < -0.39 is 32.5 Å². The second-order valence-electron chi connectivity index (χ2n) is 13.5. The number of phosphoric acid groups is 1. The van der Waals surface area contributed by atoms with Crippen LogP contribution in [0, 0.1) is 0 Å². The molecule has 9 nitrogen and oxygen atoms in total. The summed E-state index contributed by atoms with van der Waals surface area (Å²) < 4.78 is 32.7. The summed E-state index contributed by atoms with van der Waals surface area (Å²) in [5.41, 5.74) is 5.33. The van der Waals surface area contributed by atoms with Gasteiger partial charge in [0.25, 0.3) is 0 Å². The fraction of sp³-hybridized carbons (Fsp3) is 0.850. The highest BCUT2D eigenvalue weighted by Crippen LogP contribution is 2.43. The summed E-state index contributed by atoms with van der Waals surface area (Å²) in [7, 11) is -4.37. The van der Waals surface area contributed by atoms with E-state index in [2.05, 4.69) is 38.2 Å². The molecule has 0 fully saturated rings. The molecule has 0 aromatic carbocycles. The maximum atomic E-state index is 12.5. The summed E-state index contributed by atoms with van der Waals surface area (Å²) in [4.78, 5) is 34.7. The topological polar surface area (TPSA) is 134 Å². The quantitative estimate of drug-likeness (QED) is 0.0275. The standard InChI is InChI=1S/C40H76NO8P/c1-3-5-7-9-11-13-15-17-18-19-20-21-23-25-27-29-31-33-40(43)49-38(37-48-50(44,45)47-35-34-41)36-46-39(42)32-30-28-26-24-22-16-14-12-10-8-6-4-2/h12,14,17-18,38H,3-11,13,15-16,19-37,41H2,1-2H3,(H,44,45)/b14-12-,18-17-. The van der Waals surface area contributed by atoms with Crippen molar-refractivity contribution in [2.75, 3.05) is 26.4 Å². The summed E-state index contributed by atoms with van der Waals surface area (Å²) in [6.45, 7) is 3.69. The molecule has 10 heteroatoms. The molecule has 0 spiro atoms. The molecule has 0 radical (unpaired) electrons. The number of carbonyl (C=O) groups is 2. The molecular weight excluding hydrogens is 653 g/mol. The second-order valence-corrected chi connectivity index (χ2v) is 14.9. The Hall–Kier alpha value is -1.51. The number of hydrogen-bond donors (Lipinski definition) is 2. The third kappa shape index (κ3) is 36.3. The van der Waals surface area contributed by atoms with Crippen LogP contribution in [0.15, 0.2) is 24.3 Å². The van der Waals surface area contributed by atoms with Crippen molar-refractivity contribution in [3.05, 3.63) is 24.3 Å². The van der Waals surface area contributed by atoms with E-state index in [4.69, 9.17) is 24.3 Å². The number of rotatable bonds is 38. The Morgan fingerprint density at radius 2 is 0.980 bits per heavy atom. The summed E-state index contributed by atoms with van der Waals surface area (Å²) in [5, 5.41) is 0. The number of ether oxygens (including phenoxy) is 2. The molecule has 2 atom stereocenters. The zero-order valence-corrected chi connectivity index (χ0v) is 33.0. The normalized spacial score (nSPS) is 13.6. The molecule has 2 unspecified atom stereocenters. The van der Waals surface area contributed by atoms with Crippen LogP contribution in [0.3, 0.4) is 0 Å². The lowest BCUT2D eigenvalue weighted by Crippen LogP contribution is -2.29. The van der Waals surface area contributed by atoms with Gasteiger partial charge in [0.2, 0.25) is 0 Å². The molecule has 0 heterocycles. The van der Waals surface area contributed by atoms with Gasteiger partial charge in [-0.3, -0.25) is 18.6 Å². The van der Waals surface area contributed by atoms with Gasteiger partial charge in [-0.15, -0.1) is 0 Å². The van der Waals surface area contributed by atoms with Crippen molar-refractivity contribution in [2.45, 2.75) is 193 Å².